The standard InChI is InChI=1S/C13H16Br2ClNO2S/c1-9-6-11(15)12(7-10(9)14)20(18,19)17-13(8-16)4-2-3-5-13/h6-7,17H,2-5,8H2,1H3. The highest BCUT2D eigenvalue weighted by Gasteiger charge is 2.37. The van der Waals surface area contributed by atoms with Crippen LogP contribution >= 0.6 is 43.5 Å². The second kappa shape index (κ2) is 6.24. The summed E-state index contributed by atoms with van der Waals surface area (Å²) < 4.78 is 29.4. The van der Waals surface area contributed by atoms with Gasteiger partial charge in [0.1, 0.15) is 0 Å². The van der Waals surface area contributed by atoms with Gasteiger partial charge in [-0.15, -0.1) is 11.6 Å². The molecule has 0 saturated heterocycles. The minimum Gasteiger partial charge on any atom is -0.207 e. The van der Waals surface area contributed by atoms with Crippen LogP contribution < -0.4 is 4.72 Å². The molecule has 0 radical (unpaired) electrons. The lowest BCUT2D eigenvalue weighted by Gasteiger charge is -2.27. The Labute approximate surface area is 141 Å². The van der Waals surface area contributed by atoms with Crippen molar-refractivity contribution in [3.63, 3.8) is 0 Å². The number of alkyl halides is 1. The molecule has 1 fully saturated rings. The fraction of sp³-hybridized carbons (Fsp3) is 0.538. The van der Waals surface area contributed by atoms with Gasteiger partial charge >= 0.3 is 0 Å². The third-order valence-electron chi connectivity index (χ3n) is 3.67. The van der Waals surface area contributed by atoms with Crippen LogP contribution in [0.2, 0.25) is 0 Å². The number of aryl methyl sites for hydroxylation is 1. The third-order valence-corrected chi connectivity index (χ3v) is 7.57. The Morgan fingerprint density at radius 2 is 1.85 bits per heavy atom. The molecule has 3 nitrogen and oxygen atoms in total. The number of rotatable bonds is 4. The van der Waals surface area contributed by atoms with E-state index in [0.29, 0.717) is 10.4 Å². The van der Waals surface area contributed by atoms with Gasteiger partial charge in [0.25, 0.3) is 0 Å². The zero-order valence-electron chi connectivity index (χ0n) is 11.0. The molecule has 1 aliphatic carbocycles. The summed E-state index contributed by atoms with van der Waals surface area (Å²) in [5.41, 5.74) is 0.473. The average Bonchev–Trinajstić information content (AvgIpc) is 2.82. The Kier molecular flexibility index (Phi) is 5.23. The van der Waals surface area contributed by atoms with Gasteiger partial charge in [0.05, 0.1) is 4.90 Å². The third kappa shape index (κ3) is 3.40. The van der Waals surface area contributed by atoms with Gasteiger partial charge in [0.15, 0.2) is 0 Å². The van der Waals surface area contributed by atoms with E-state index in [2.05, 4.69) is 36.6 Å². The lowest BCUT2D eigenvalue weighted by molar-refractivity contribution is 0.432. The van der Waals surface area contributed by atoms with Gasteiger partial charge < -0.3 is 0 Å². The highest BCUT2D eigenvalue weighted by molar-refractivity contribution is 9.11. The summed E-state index contributed by atoms with van der Waals surface area (Å²) in [7, 11) is -3.60. The van der Waals surface area contributed by atoms with Gasteiger partial charge in [-0.1, -0.05) is 28.8 Å². The van der Waals surface area contributed by atoms with E-state index in [4.69, 9.17) is 11.6 Å². The van der Waals surface area contributed by atoms with Crippen LogP contribution in [-0.2, 0) is 10.0 Å². The predicted molar refractivity (Wildman–Crippen MR) is 88.8 cm³/mol. The first-order valence-corrected chi connectivity index (χ1v) is 9.96. The Bertz CT molecular complexity index is 613. The lowest BCUT2D eigenvalue weighted by Crippen LogP contribution is -2.47. The smallest absolute Gasteiger partial charge is 0.207 e. The van der Waals surface area contributed by atoms with Crippen LogP contribution in [-0.4, -0.2) is 19.8 Å². The van der Waals surface area contributed by atoms with Crippen LogP contribution in [0.15, 0.2) is 26.0 Å². The van der Waals surface area contributed by atoms with Gasteiger partial charge in [-0.05, 0) is 53.4 Å². The van der Waals surface area contributed by atoms with E-state index < -0.39 is 15.6 Å². The van der Waals surface area contributed by atoms with Crippen LogP contribution in [0.25, 0.3) is 0 Å². The Hall–Kier alpha value is 0.380. The SMILES string of the molecule is Cc1cc(Br)c(S(=O)(=O)NC2(CCl)CCCC2)cc1Br. The van der Waals surface area contributed by atoms with E-state index in [0.717, 1.165) is 35.7 Å². The molecule has 0 atom stereocenters. The summed E-state index contributed by atoms with van der Waals surface area (Å²) >= 11 is 12.7. The maximum Gasteiger partial charge on any atom is 0.242 e. The Morgan fingerprint density at radius 3 is 2.40 bits per heavy atom. The molecule has 0 amide bonds. The molecular formula is C13H16Br2ClNO2S. The topological polar surface area (TPSA) is 46.2 Å². The summed E-state index contributed by atoms with van der Waals surface area (Å²) in [4.78, 5) is 0.242. The van der Waals surface area contributed by atoms with Gasteiger partial charge in [0, 0.05) is 20.4 Å². The van der Waals surface area contributed by atoms with E-state index in [1.165, 1.54) is 0 Å². The second-order valence-corrected chi connectivity index (χ2v) is 8.89. The van der Waals surface area contributed by atoms with Gasteiger partial charge in [-0.3, -0.25) is 0 Å². The van der Waals surface area contributed by atoms with Crippen LogP contribution in [0, 0.1) is 6.92 Å². The van der Waals surface area contributed by atoms with Crippen molar-refractivity contribution in [1.82, 2.24) is 4.72 Å². The minimum absolute atomic E-state index is 0.242. The van der Waals surface area contributed by atoms with Gasteiger partial charge in [0.2, 0.25) is 10.0 Å². The van der Waals surface area contributed by atoms with Crippen LogP contribution in [0.3, 0.4) is 0 Å². The Morgan fingerprint density at radius 1 is 1.25 bits per heavy atom. The monoisotopic (exact) mass is 443 g/mol. The van der Waals surface area contributed by atoms with E-state index >= 15 is 0 Å². The number of sulfonamides is 1. The van der Waals surface area contributed by atoms with Crippen molar-refractivity contribution in [2.75, 3.05) is 5.88 Å². The molecule has 112 valence electrons. The first-order valence-electron chi connectivity index (χ1n) is 6.35. The molecule has 1 saturated carbocycles. The predicted octanol–water partition coefficient (Wildman–Crippen LogP) is 4.35. The van der Waals surface area contributed by atoms with Gasteiger partial charge in [-0.2, -0.15) is 0 Å². The molecule has 0 spiro atoms. The first-order chi connectivity index (χ1) is 9.30. The largest absolute Gasteiger partial charge is 0.242 e. The average molecular weight is 446 g/mol. The zero-order valence-corrected chi connectivity index (χ0v) is 15.8. The van der Waals surface area contributed by atoms with Crippen molar-refractivity contribution in [3.05, 3.63) is 26.6 Å². The van der Waals surface area contributed by atoms with Crippen molar-refractivity contribution < 1.29 is 8.42 Å². The van der Waals surface area contributed by atoms with Crippen molar-refractivity contribution in [3.8, 4) is 0 Å². The molecule has 1 aliphatic rings. The molecule has 1 N–H and O–H groups in total. The maximum absolute atomic E-state index is 12.6. The van der Waals surface area contributed by atoms with Crippen molar-refractivity contribution in [2.45, 2.75) is 43.0 Å². The number of hydrogen-bond acceptors (Lipinski definition) is 2. The molecule has 0 aliphatic heterocycles. The van der Waals surface area contributed by atoms with Crippen molar-refractivity contribution in [2.24, 2.45) is 0 Å². The molecule has 2 rings (SSSR count). The van der Waals surface area contributed by atoms with E-state index in [9.17, 15) is 8.42 Å². The number of benzene rings is 1. The number of nitrogens with one attached hydrogen (secondary N) is 1. The summed E-state index contributed by atoms with van der Waals surface area (Å²) in [6, 6.07) is 3.42. The van der Waals surface area contributed by atoms with Crippen LogP contribution in [0.4, 0.5) is 0 Å². The first kappa shape index (κ1) is 16.7. The van der Waals surface area contributed by atoms with E-state index in [1.807, 2.05) is 6.92 Å². The second-order valence-electron chi connectivity index (χ2n) is 5.26. The molecule has 1 aromatic rings. The molecule has 0 unspecified atom stereocenters. The normalized spacial score (nSPS) is 18.4. The highest BCUT2D eigenvalue weighted by atomic mass is 79.9. The summed E-state index contributed by atoms with van der Waals surface area (Å²) in [6.07, 6.45) is 3.60. The lowest BCUT2D eigenvalue weighted by atomic mass is 10.0. The maximum atomic E-state index is 12.6. The minimum atomic E-state index is -3.60. The summed E-state index contributed by atoms with van der Waals surface area (Å²) in [6.45, 7) is 1.91. The Balaban J connectivity index is 2.38. The molecule has 7 heteroatoms. The molecule has 0 bridgehead atoms. The summed E-state index contributed by atoms with van der Waals surface area (Å²) in [5, 5.41) is 0. The van der Waals surface area contributed by atoms with E-state index in [-0.39, 0.29) is 4.90 Å². The number of hydrogen-bond donors (Lipinski definition) is 1. The summed E-state index contributed by atoms with van der Waals surface area (Å²) in [5.74, 6) is 0.302. The fourth-order valence-corrected chi connectivity index (χ4v) is 6.04. The van der Waals surface area contributed by atoms with E-state index in [1.54, 1.807) is 12.1 Å². The molecular weight excluding hydrogens is 429 g/mol. The molecule has 0 aromatic heterocycles. The van der Waals surface area contributed by atoms with Crippen molar-refractivity contribution in [1.29, 1.82) is 0 Å². The zero-order chi connectivity index (χ0) is 15.0. The molecule has 20 heavy (non-hydrogen) atoms. The van der Waals surface area contributed by atoms with Crippen LogP contribution in [0.5, 0.6) is 0 Å². The molecule has 0 heterocycles. The fourth-order valence-electron chi connectivity index (χ4n) is 2.49. The highest BCUT2D eigenvalue weighted by Crippen LogP contribution is 2.34. The van der Waals surface area contributed by atoms with Gasteiger partial charge in [-0.25, -0.2) is 13.1 Å². The number of halogens is 3. The van der Waals surface area contributed by atoms with Crippen LogP contribution in [0.1, 0.15) is 31.2 Å². The quantitative estimate of drug-likeness (QED) is 0.701. The molecule has 1 aromatic carbocycles. The van der Waals surface area contributed by atoms with Crippen molar-refractivity contribution >= 4 is 53.5 Å².